The van der Waals surface area contributed by atoms with E-state index in [1.165, 1.54) is 0 Å². The van der Waals surface area contributed by atoms with Crippen molar-refractivity contribution in [1.82, 2.24) is 9.97 Å². The molecule has 2 N–H and O–H groups in total. The predicted octanol–water partition coefficient (Wildman–Crippen LogP) is 4.78. The van der Waals surface area contributed by atoms with Gasteiger partial charge in [0.2, 0.25) is 5.75 Å². The minimum Gasteiger partial charge on any atom is -0.491 e. The number of benzene rings is 2. The molecular weight excluding hydrogens is 380 g/mol. The number of nitrogens with zero attached hydrogens (tertiary/aromatic N) is 2. The molecule has 6 heteroatoms. The highest BCUT2D eigenvalue weighted by Gasteiger charge is 2.32. The molecule has 4 rings (SSSR count). The number of aromatic carboxylic acids is 1. The van der Waals surface area contributed by atoms with E-state index < -0.39 is 11.8 Å². The first kappa shape index (κ1) is 19.9. The van der Waals surface area contributed by atoms with Crippen molar-refractivity contribution < 1.29 is 19.7 Å². The maximum atomic E-state index is 11.9. The molecular formula is C24H24N2O4. The molecule has 1 atom stereocenters. The van der Waals surface area contributed by atoms with Crippen LogP contribution in [0.1, 0.15) is 59.0 Å². The van der Waals surface area contributed by atoms with E-state index in [9.17, 15) is 15.0 Å². The number of carbonyl (C=O) groups is 1. The number of rotatable bonds is 7. The van der Waals surface area contributed by atoms with Gasteiger partial charge in [0, 0.05) is 5.92 Å². The van der Waals surface area contributed by atoms with Crippen molar-refractivity contribution in [3.63, 3.8) is 0 Å². The molecule has 154 valence electrons. The molecule has 0 saturated heterocycles. The first-order valence-electron chi connectivity index (χ1n) is 10.2. The highest BCUT2D eigenvalue weighted by atomic mass is 16.5. The maximum absolute atomic E-state index is 11.9. The molecule has 0 bridgehead atoms. The van der Waals surface area contributed by atoms with E-state index in [0.717, 1.165) is 36.8 Å². The lowest BCUT2D eigenvalue weighted by Crippen LogP contribution is -2.18. The van der Waals surface area contributed by atoms with E-state index in [0.29, 0.717) is 11.7 Å². The summed E-state index contributed by atoms with van der Waals surface area (Å²) in [6, 6.07) is 19.2. The zero-order chi connectivity index (χ0) is 20.9. The Morgan fingerprint density at radius 2 is 1.63 bits per heavy atom. The van der Waals surface area contributed by atoms with Crippen LogP contribution >= 0.6 is 0 Å². The Morgan fingerprint density at radius 1 is 1.00 bits per heavy atom. The van der Waals surface area contributed by atoms with Crippen molar-refractivity contribution in [3.8, 4) is 11.6 Å². The Kier molecular flexibility index (Phi) is 5.93. The summed E-state index contributed by atoms with van der Waals surface area (Å²) in [6.07, 6.45) is 4.31. The monoisotopic (exact) mass is 404 g/mol. The fourth-order valence-electron chi connectivity index (χ4n) is 4.19. The zero-order valence-corrected chi connectivity index (χ0v) is 16.6. The molecule has 0 radical (unpaired) electrons. The first-order chi connectivity index (χ1) is 14.6. The number of carboxylic acids is 1. The Labute approximate surface area is 175 Å². The summed E-state index contributed by atoms with van der Waals surface area (Å²) in [5, 5.41) is 20.3. The maximum Gasteiger partial charge on any atom is 0.358 e. The van der Waals surface area contributed by atoms with Crippen molar-refractivity contribution in [3.05, 3.63) is 83.3 Å². The molecule has 3 aromatic rings. The van der Waals surface area contributed by atoms with Gasteiger partial charge >= 0.3 is 5.97 Å². The third-order valence-corrected chi connectivity index (χ3v) is 5.60. The van der Waals surface area contributed by atoms with Crippen molar-refractivity contribution in [2.75, 3.05) is 0 Å². The van der Waals surface area contributed by atoms with Crippen LogP contribution in [-0.4, -0.2) is 26.2 Å². The third kappa shape index (κ3) is 4.27. The van der Waals surface area contributed by atoms with Gasteiger partial charge in [-0.1, -0.05) is 73.5 Å². The second-order valence-electron chi connectivity index (χ2n) is 7.60. The summed E-state index contributed by atoms with van der Waals surface area (Å²) >= 11 is 0. The summed E-state index contributed by atoms with van der Waals surface area (Å²) in [6.45, 7) is 0.113. The van der Waals surface area contributed by atoms with E-state index in [1.54, 1.807) is 0 Å². The first-order valence-corrected chi connectivity index (χ1v) is 10.2. The van der Waals surface area contributed by atoms with Gasteiger partial charge in [0.1, 0.15) is 12.4 Å². The van der Waals surface area contributed by atoms with Crippen LogP contribution in [0.5, 0.6) is 11.6 Å². The van der Waals surface area contributed by atoms with Gasteiger partial charge in [-0.3, -0.25) is 0 Å². The standard InChI is InChI=1S/C24H24N2O4/c27-23-21(30-15-16-9-3-1-4-10-16)20(24(28)29)25-22(26-23)19(18-13-7-8-14-18)17-11-5-2-6-12-17/h1-6,9-12,18-19H,7-8,13-15H2,(H,28,29)(H,25,26,27). The summed E-state index contributed by atoms with van der Waals surface area (Å²) in [7, 11) is 0. The van der Waals surface area contributed by atoms with Gasteiger partial charge in [0.25, 0.3) is 5.88 Å². The molecule has 0 aliphatic heterocycles. The van der Waals surface area contributed by atoms with Gasteiger partial charge in [-0.2, -0.15) is 4.98 Å². The average molecular weight is 404 g/mol. The minimum atomic E-state index is -1.25. The largest absolute Gasteiger partial charge is 0.491 e. The Morgan fingerprint density at radius 3 is 2.27 bits per heavy atom. The van der Waals surface area contributed by atoms with Crippen molar-refractivity contribution in [2.45, 2.75) is 38.2 Å². The van der Waals surface area contributed by atoms with Crippen LogP contribution in [0.2, 0.25) is 0 Å². The summed E-state index contributed by atoms with van der Waals surface area (Å²) in [5.41, 5.74) is 1.57. The predicted molar refractivity (Wildman–Crippen MR) is 112 cm³/mol. The van der Waals surface area contributed by atoms with Gasteiger partial charge in [-0.25, -0.2) is 9.78 Å². The van der Waals surface area contributed by atoms with Gasteiger partial charge < -0.3 is 14.9 Å². The van der Waals surface area contributed by atoms with Crippen molar-refractivity contribution in [2.24, 2.45) is 5.92 Å². The Bertz CT molecular complexity index is 1000. The number of aromatic nitrogens is 2. The average Bonchev–Trinajstić information content (AvgIpc) is 3.28. The highest BCUT2D eigenvalue weighted by molar-refractivity contribution is 5.89. The van der Waals surface area contributed by atoms with E-state index >= 15 is 0 Å². The summed E-state index contributed by atoms with van der Waals surface area (Å²) in [4.78, 5) is 20.6. The SMILES string of the molecule is O=C(O)c1nc(C(c2ccccc2)C2CCCC2)nc(O)c1OCc1ccccc1. The molecule has 1 saturated carbocycles. The van der Waals surface area contributed by atoms with Gasteiger partial charge in [0.15, 0.2) is 5.69 Å². The Hall–Kier alpha value is -3.41. The summed E-state index contributed by atoms with van der Waals surface area (Å²) in [5.74, 6) is -1.42. The fraction of sp³-hybridized carbons (Fsp3) is 0.292. The highest BCUT2D eigenvalue weighted by Crippen LogP contribution is 2.42. The normalized spacial score (nSPS) is 15.1. The second kappa shape index (κ2) is 8.95. The van der Waals surface area contributed by atoms with Gasteiger partial charge in [0.05, 0.1) is 0 Å². The topological polar surface area (TPSA) is 92.5 Å². The van der Waals surface area contributed by atoms with E-state index in [2.05, 4.69) is 9.97 Å². The molecule has 30 heavy (non-hydrogen) atoms. The molecule has 1 fully saturated rings. The second-order valence-corrected chi connectivity index (χ2v) is 7.60. The number of carboxylic acid groups (broad SMARTS) is 1. The molecule has 0 spiro atoms. The van der Waals surface area contributed by atoms with Crippen molar-refractivity contribution >= 4 is 5.97 Å². The number of aromatic hydroxyl groups is 1. The van der Waals surface area contributed by atoms with E-state index in [-0.39, 0.29) is 24.0 Å². The van der Waals surface area contributed by atoms with E-state index in [4.69, 9.17) is 4.74 Å². The van der Waals surface area contributed by atoms with Crippen LogP contribution in [0, 0.1) is 5.92 Å². The number of hydrogen-bond acceptors (Lipinski definition) is 5. The lowest BCUT2D eigenvalue weighted by atomic mass is 9.84. The molecule has 1 unspecified atom stereocenters. The van der Waals surface area contributed by atoms with E-state index in [1.807, 2.05) is 60.7 Å². The smallest absolute Gasteiger partial charge is 0.358 e. The lowest BCUT2D eigenvalue weighted by molar-refractivity contribution is 0.0682. The van der Waals surface area contributed by atoms with Crippen LogP contribution in [0.25, 0.3) is 0 Å². The quantitative estimate of drug-likeness (QED) is 0.589. The molecule has 1 heterocycles. The van der Waals surface area contributed by atoms with Crippen LogP contribution in [0.15, 0.2) is 60.7 Å². The zero-order valence-electron chi connectivity index (χ0n) is 16.6. The van der Waals surface area contributed by atoms with Crippen LogP contribution in [0.3, 0.4) is 0 Å². The molecule has 1 aliphatic carbocycles. The third-order valence-electron chi connectivity index (χ3n) is 5.60. The number of hydrogen-bond donors (Lipinski definition) is 2. The minimum absolute atomic E-state index is 0.113. The fourth-order valence-corrected chi connectivity index (χ4v) is 4.19. The van der Waals surface area contributed by atoms with Crippen LogP contribution in [0.4, 0.5) is 0 Å². The molecule has 1 aliphatic rings. The lowest BCUT2D eigenvalue weighted by Gasteiger charge is -2.23. The molecule has 0 amide bonds. The van der Waals surface area contributed by atoms with Gasteiger partial charge in [-0.05, 0) is 29.9 Å². The van der Waals surface area contributed by atoms with Crippen LogP contribution < -0.4 is 4.74 Å². The summed E-state index contributed by atoms with van der Waals surface area (Å²) < 4.78 is 5.63. The molecule has 2 aromatic carbocycles. The molecule has 6 nitrogen and oxygen atoms in total. The number of ether oxygens (including phenoxy) is 1. The van der Waals surface area contributed by atoms with Crippen molar-refractivity contribution in [1.29, 1.82) is 0 Å². The van der Waals surface area contributed by atoms with Gasteiger partial charge in [-0.15, -0.1) is 0 Å². The van der Waals surface area contributed by atoms with Crippen LogP contribution in [-0.2, 0) is 6.61 Å². The Balaban J connectivity index is 1.71. The molecule has 1 aromatic heterocycles.